The van der Waals surface area contributed by atoms with Gasteiger partial charge in [0.1, 0.15) is 6.04 Å². The van der Waals surface area contributed by atoms with Gasteiger partial charge in [-0.2, -0.15) is 0 Å². The van der Waals surface area contributed by atoms with E-state index in [4.69, 9.17) is 14.6 Å². The van der Waals surface area contributed by atoms with E-state index in [0.29, 0.717) is 26.2 Å². The smallest absolute Gasteiger partial charge is 0.405 e. The molecule has 2 atom stereocenters. The van der Waals surface area contributed by atoms with Gasteiger partial charge in [0.15, 0.2) is 6.29 Å². The molecule has 0 aliphatic heterocycles. The molecule has 2 unspecified atom stereocenters. The number of carbonyl (C=O) groups excluding carboxylic acids is 1. The molecule has 0 radical (unpaired) electrons. The molecule has 0 aliphatic carbocycles. The van der Waals surface area contributed by atoms with Crippen LogP contribution in [0.1, 0.15) is 39.7 Å². The lowest BCUT2D eigenvalue weighted by Gasteiger charge is -2.32. The van der Waals surface area contributed by atoms with Crippen LogP contribution in [-0.4, -0.2) is 54.1 Å². The van der Waals surface area contributed by atoms with E-state index in [2.05, 4.69) is 5.32 Å². The van der Waals surface area contributed by atoms with Crippen molar-refractivity contribution in [2.75, 3.05) is 19.8 Å². The van der Waals surface area contributed by atoms with E-state index in [1.165, 1.54) is 0 Å². The first-order valence-electron chi connectivity index (χ1n) is 9.48. The van der Waals surface area contributed by atoms with Gasteiger partial charge >= 0.3 is 6.09 Å². The lowest BCUT2D eigenvalue weighted by atomic mass is 9.97. The molecule has 0 bridgehead atoms. The fourth-order valence-electron chi connectivity index (χ4n) is 2.75. The minimum absolute atomic E-state index is 0.135. The minimum Gasteiger partial charge on any atom is -0.465 e. The number of hydrogen-bond donors (Lipinski definition) is 2. The van der Waals surface area contributed by atoms with Crippen molar-refractivity contribution < 1.29 is 24.2 Å². The molecule has 0 saturated heterocycles. The largest absolute Gasteiger partial charge is 0.465 e. The van der Waals surface area contributed by atoms with Crippen LogP contribution in [0.2, 0.25) is 0 Å². The molecule has 0 aliphatic rings. The Hall–Kier alpha value is -2.12. The summed E-state index contributed by atoms with van der Waals surface area (Å²) < 4.78 is 11.2. The van der Waals surface area contributed by atoms with Crippen molar-refractivity contribution in [2.24, 2.45) is 5.92 Å². The Labute approximate surface area is 161 Å². The van der Waals surface area contributed by atoms with Gasteiger partial charge in [0.25, 0.3) is 0 Å². The van der Waals surface area contributed by atoms with Crippen molar-refractivity contribution in [3.8, 4) is 0 Å². The summed E-state index contributed by atoms with van der Waals surface area (Å²) in [5.74, 6) is -0.412. The van der Waals surface area contributed by atoms with Crippen molar-refractivity contribution in [3.63, 3.8) is 0 Å². The first-order valence-corrected chi connectivity index (χ1v) is 9.48. The molecule has 0 fully saturated rings. The van der Waals surface area contributed by atoms with Crippen molar-refractivity contribution in [1.82, 2.24) is 10.2 Å². The molecule has 1 rings (SSSR count). The summed E-state index contributed by atoms with van der Waals surface area (Å²) in [6, 6.07) is 8.76. The topological polar surface area (TPSA) is 88.1 Å². The maximum Gasteiger partial charge on any atom is 0.405 e. The van der Waals surface area contributed by atoms with E-state index in [-0.39, 0.29) is 18.4 Å². The van der Waals surface area contributed by atoms with Crippen LogP contribution in [0.3, 0.4) is 0 Å². The van der Waals surface area contributed by atoms with Crippen LogP contribution in [0, 0.1) is 5.92 Å². The third-order valence-corrected chi connectivity index (χ3v) is 4.36. The molecule has 2 amide bonds. The zero-order chi connectivity index (χ0) is 20.2. The molecular weight excluding hydrogens is 348 g/mol. The number of hydrogen-bond acceptors (Lipinski definition) is 4. The second-order valence-corrected chi connectivity index (χ2v) is 6.36. The summed E-state index contributed by atoms with van der Waals surface area (Å²) in [7, 11) is 0. The van der Waals surface area contributed by atoms with Crippen LogP contribution in [0.4, 0.5) is 4.79 Å². The summed E-state index contributed by atoms with van der Waals surface area (Å²) in [6.07, 6.45) is -1.09. The summed E-state index contributed by atoms with van der Waals surface area (Å²) in [5, 5.41) is 11.5. The number of nitrogens with zero attached hydrogens (tertiary/aromatic N) is 1. The first kappa shape index (κ1) is 22.9. The molecule has 7 heteroatoms. The average molecular weight is 380 g/mol. The normalized spacial score (nSPS) is 13.2. The molecule has 0 aromatic heterocycles. The van der Waals surface area contributed by atoms with Gasteiger partial charge in [0.2, 0.25) is 5.91 Å². The number of carboxylic acid groups (broad SMARTS) is 1. The number of amides is 2. The second-order valence-electron chi connectivity index (χ2n) is 6.36. The van der Waals surface area contributed by atoms with Crippen LogP contribution in [0.25, 0.3) is 0 Å². The zero-order valence-electron chi connectivity index (χ0n) is 16.7. The maximum atomic E-state index is 13.2. The Morgan fingerprint density at radius 2 is 1.70 bits per heavy atom. The van der Waals surface area contributed by atoms with Crippen molar-refractivity contribution in [2.45, 2.75) is 53.0 Å². The SMILES string of the molecule is CCOC(CN(Cc1ccccc1)C(=O)C(NC(=O)O)C(C)CC)OCC. The predicted octanol–water partition coefficient (Wildman–Crippen LogP) is 3.10. The van der Waals surface area contributed by atoms with Gasteiger partial charge in [-0.25, -0.2) is 4.79 Å². The lowest BCUT2D eigenvalue weighted by Crippen LogP contribution is -2.53. The molecule has 1 aromatic rings. The van der Waals surface area contributed by atoms with Gasteiger partial charge in [-0.15, -0.1) is 0 Å². The van der Waals surface area contributed by atoms with E-state index in [1.807, 2.05) is 58.0 Å². The Morgan fingerprint density at radius 1 is 1.11 bits per heavy atom. The van der Waals surface area contributed by atoms with E-state index in [1.54, 1.807) is 4.90 Å². The van der Waals surface area contributed by atoms with Gasteiger partial charge in [0, 0.05) is 19.8 Å². The number of rotatable bonds is 12. The Bertz CT molecular complexity index is 561. The summed E-state index contributed by atoms with van der Waals surface area (Å²) in [4.78, 5) is 26.0. The standard InChI is InChI=1S/C20H32N2O5/c1-5-15(4)18(21-20(24)25)19(23)22(13-16-11-9-8-10-12-16)14-17(26-6-2)27-7-3/h8-12,15,17-18,21H,5-7,13-14H2,1-4H3,(H,24,25). The maximum absolute atomic E-state index is 13.2. The van der Waals surface area contributed by atoms with Crippen molar-refractivity contribution >= 4 is 12.0 Å². The summed E-state index contributed by atoms with van der Waals surface area (Å²) >= 11 is 0. The number of benzene rings is 1. The fraction of sp³-hybridized carbons (Fsp3) is 0.600. The van der Waals surface area contributed by atoms with Gasteiger partial charge in [-0.3, -0.25) is 4.79 Å². The third kappa shape index (κ3) is 7.97. The van der Waals surface area contributed by atoms with Gasteiger partial charge in [-0.05, 0) is 25.3 Å². The van der Waals surface area contributed by atoms with Crippen molar-refractivity contribution in [1.29, 1.82) is 0 Å². The summed E-state index contributed by atoms with van der Waals surface area (Å²) in [5.41, 5.74) is 0.954. The van der Waals surface area contributed by atoms with Gasteiger partial charge in [-0.1, -0.05) is 50.6 Å². The van der Waals surface area contributed by atoms with Gasteiger partial charge < -0.3 is 24.8 Å². The summed E-state index contributed by atoms with van der Waals surface area (Å²) in [6.45, 7) is 9.02. The molecule has 1 aromatic carbocycles. The van der Waals surface area contributed by atoms with E-state index in [9.17, 15) is 9.59 Å². The molecule has 2 N–H and O–H groups in total. The van der Waals surface area contributed by atoms with E-state index in [0.717, 1.165) is 5.56 Å². The Morgan fingerprint density at radius 3 is 2.19 bits per heavy atom. The number of carbonyl (C=O) groups is 2. The highest BCUT2D eigenvalue weighted by Gasteiger charge is 2.31. The Balaban J connectivity index is 3.07. The van der Waals surface area contributed by atoms with Crippen LogP contribution >= 0.6 is 0 Å². The molecule has 152 valence electrons. The quantitative estimate of drug-likeness (QED) is 0.544. The number of nitrogens with one attached hydrogen (secondary N) is 1. The minimum atomic E-state index is -1.21. The molecular formula is C20H32N2O5. The van der Waals surface area contributed by atoms with Crippen LogP contribution < -0.4 is 5.32 Å². The zero-order valence-corrected chi connectivity index (χ0v) is 16.7. The Kier molecular flexibility index (Phi) is 10.4. The second kappa shape index (κ2) is 12.3. The predicted molar refractivity (Wildman–Crippen MR) is 103 cm³/mol. The monoisotopic (exact) mass is 380 g/mol. The van der Waals surface area contributed by atoms with Crippen LogP contribution in [0.5, 0.6) is 0 Å². The fourth-order valence-corrected chi connectivity index (χ4v) is 2.75. The van der Waals surface area contributed by atoms with Gasteiger partial charge in [0.05, 0.1) is 6.54 Å². The molecule has 7 nitrogen and oxygen atoms in total. The molecule has 27 heavy (non-hydrogen) atoms. The highest BCUT2D eigenvalue weighted by molar-refractivity contribution is 5.85. The first-order chi connectivity index (χ1) is 12.9. The number of ether oxygens (including phenoxy) is 2. The highest BCUT2D eigenvalue weighted by Crippen LogP contribution is 2.15. The van der Waals surface area contributed by atoms with Crippen molar-refractivity contribution in [3.05, 3.63) is 35.9 Å². The van der Waals surface area contributed by atoms with E-state index < -0.39 is 18.4 Å². The molecule has 0 saturated carbocycles. The average Bonchev–Trinajstić information content (AvgIpc) is 2.65. The molecule has 0 spiro atoms. The van der Waals surface area contributed by atoms with E-state index >= 15 is 0 Å². The van der Waals surface area contributed by atoms with Crippen LogP contribution in [0.15, 0.2) is 30.3 Å². The lowest BCUT2D eigenvalue weighted by molar-refractivity contribution is -0.161. The van der Waals surface area contributed by atoms with Crippen LogP contribution in [-0.2, 0) is 20.8 Å². The highest BCUT2D eigenvalue weighted by atomic mass is 16.7. The third-order valence-electron chi connectivity index (χ3n) is 4.36. The molecule has 0 heterocycles.